The Morgan fingerprint density at radius 1 is 1.61 bits per heavy atom. The summed E-state index contributed by atoms with van der Waals surface area (Å²) in [6.07, 6.45) is 7.57. The van der Waals surface area contributed by atoms with Crippen molar-refractivity contribution in [3.05, 3.63) is 6.20 Å². The average Bonchev–Trinajstić information content (AvgIpc) is 2.70. The lowest BCUT2D eigenvalue weighted by Gasteiger charge is -2.13. The molecule has 0 fully saturated rings. The summed E-state index contributed by atoms with van der Waals surface area (Å²) in [5.41, 5.74) is 5.60. The van der Waals surface area contributed by atoms with Crippen LogP contribution in [0.25, 0.3) is 0 Å². The van der Waals surface area contributed by atoms with E-state index in [0.29, 0.717) is 19.4 Å². The zero-order chi connectivity index (χ0) is 13.8. The molecule has 1 unspecified atom stereocenters. The minimum absolute atomic E-state index is 0.0000827. The van der Waals surface area contributed by atoms with Crippen LogP contribution < -0.4 is 10.5 Å². The fraction of sp³-hybridized carbons (Fsp3) is 0.545. The molecule has 7 heteroatoms. The number of hydrogen-bond donors (Lipinski definition) is 2. The van der Waals surface area contributed by atoms with E-state index in [2.05, 4.69) is 15.7 Å². The fourth-order valence-electron chi connectivity index (χ4n) is 1.48. The van der Waals surface area contributed by atoms with Gasteiger partial charge >= 0.3 is 0 Å². The van der Waals surface area contributed by atoms with E-state index < -0.39 is 10.0 Å². The van der Waals surface area contributed by atoms with E-state index in [1.807, 2.05) is 13.8 Å². The van der Waals surface area contributed by atoms with Gasteiger partial charge in [0.2, 0.25) is 10.0 Å². The molecule has 0 saturated carbocycles. The number of aromatic nitrogens is 2. The van der Waals surface area contributed by atoms with Crippen LogP contribution in [0.3, 0.4) is 0 Å². The van der Waals surface area contributed by atoms with Gasteiger partial charge in [-0.05, 0) is 13.3 Å². The molecule has 0 spiro atoms. The van der Waals surface area contributed by atoms with Gasteiger partial charge in [0.05, 0.1) is 0 Å². The molecular weight excluding hydrogens is 252 g/mol. The van der Waals surface area contributed by atoms with Crippen molar-refractivity contribution in [2.75, 3.05) is 5.73 Å². The molecule has 1 atom stereocenters. The van der Waals surface area contributed by atoms with Crippen LogP contribution in [0.5, 0.6) is 0 Å². The Morgan fingerprint density at radius 3 is 2.72 bits per heavy atom. The second kappa shape index (κ2) is 5.89. The first-order valence-electron chi connectivity index (χ1n) is 5.73. The van der Waals surface area contributed by atoms with E-state index in [9.17, 15) is 8.42 Å². The Labute approximate surface area is 108 Å². The molecule has 18 heavy (non-hydrogen) atoms. The molecular formula is C11H18N4O2S. The van der Waals surface area contributed by atoms with Crippen LogP contribution in [0.1, 0.15) is 26.7 Å². The summed E-state index contributed by atoms with van der Waals surface area (Å²) in [5, 5.41) is 3.91. The van der Waals surface area contributed by atoms with Crippen LogP contribution >= 0.6 is 0 Å². The maximum Gasteiger partial charge on any atom is 0.246 e. The number of hydrogen-bond acceptors (Lipinski definition) is 4. The van der Waals surface area contributed by atoms with E-state index in [-0.39, 0.29) is 16.8 Å². The zero-order valence-electron chi connectivity index (χ0n) is 10.5. The van der Waals surface area contributed by atoms with Crippen LogP contribution in [0, 0.1) is 12.3 Å². The number of aryl methyl sites for hydroxylation is 1. The Hall–Kier alpha value is -1.52. The Kier molecular flexibility index (Phi) is 4.76. The van der Waals surface area contributed by atoms with Crippen molar-refractivity contribution < 1.29 is 8.42 Å². The number of rotatable bonds is 6. The molecule has 0 aliphatic heterocycles. The third-order valence-corrected chi connectivity index (χ3v) is 4.08. The van der Waals surface area contributed by atoms with Crippen molar-refractivity contribution in [1.82, 2.24) is 14.5 Å². The SMILES string of the molecule is C#CCC(CC)NS(=O)(=O)c1cn(CC)nc1N. The molecule has 1 aromatic rings. The summed E-state index contributed by atoms with van der Waals surface area (Å²) in [6.45, 7) is 4.27. The Balaban J connectivity index is 2.99. The smallest absolute Gasteiger partial charge is 0.246 e. The van der Waals surface area contributed by atoms with Gasteiger partial charge < -0.3 is 5.73 Å². The standard InChI is InChI=1S/C11H18N4O2S/c1-4-7-9(5-2)14-18(16,17)10-8-15(6-3)13-11(10)12/h1,8-9,14H,5-7H2,2-3H3,(H2,12,13). The second-order valence-corrected chi connectivity index (χ2v) is 5.55. The molecule has 0 bridgehead atoms. The average molecular weight is 270 g/mol. The topological polar surface area (TPSA) is 90.0 Å². The monoisotopic (exact) mass is 270 g/mol. The predicted molar refractivity (Wildman–Crippen MR) is 70.2 cm³/mol. The molecule has 1 heterocycles. The predicted octanol–water partition coefficient (Wildman–Crippen LogP) is 0.565. The highest BCUT2D eigenvalue weighted by molar-refractivity contribution is 7.89. The minimum atomic E-state index is -3.67. The normalized spacial score (nSPS) is 13.2. The maximum atomic E-state index is 12.1. The van der Waals surface area contributed by atoms with Gasteiger partial charge in [0.25, 0.3) is 0 Å². The van der Waals surface area contributed by atoms with Gasteiger partial charge in [-0.25, -0.2) is 13.1 Å². The lowest BCUT2D eigenvalue weighted by Crippen LogP contribution is -2.34. The number of terminal acetylenes is 1. The summed E-state index contributed by atoms with van der Waals surface area (Å²) in [6, 6.07) is -0.288. The van der Waals surface area contributed by atoms with Gasteiger partial charge in [0.15, 0.2) is 5.82 Å². The van der Waals surface area contributed by atoms with Gasteiger partial charge in [-0.3, -0.25) is 4.68 Å². The molecule has 0 saturated heterocycles. The third kappa shape index (κ3) is 3.24. The number of nitrogens with zero attached hydrogens (tertiary/aromatic N) is 2. The maximum absolute atomic E-state index is 12.1. The highest BCUT2D eigenvalue weighted by Gasteiger charge is 2.23. The van der Waals surface area contributed by atoms with Gasteiger partial charge in [0.1, 0.15) is 4.90 Å². The Morgan fingerprint density at radius 2 is 2.28 bits per heavy atom. The number of nitrogens with one attached hydrogen (secondary N) is 1. The quantitative estimate of drug-likeness (QED) is 0.739. The zero-order valence-corrected chi connectivity index (χ0v) is 11.4. The van der Waals surface area contributed by atoms with Crippen molar-refractivity contribution in [1.29, 1.82) is 0 Å². The fourth-order valence-corrected chi connectivity index (χ4v) is 2.87. The molecule has 6 nitrogen and oxygen atoms in total. The van der Waals surface area contributed by atoms with Crippen LogP contribution in [0.4, 0.5) is 5.82 Å². The summed E-state index contributed by atoms with van der Waals surface area (Å²) in [5.74, 6) is 2.44. The molecule has 0 aromatic carbocycles. The first-order chi connectivity index (χ1) is 8.44. The van der Waals surface area contributed by atoms with Crippen molar-refractivity contribution in [3.8, 4) is 12.3 Å². The van der Waals surface area contributed by atoms with E-state index in [4.69, 9.17) is 12.2 Å². The van der Waals surface area contributed by atoms with Crippen LogP contribution in [-0.4, -0.2) is 24.2 Å². The van der Waals surface area contributed by atoms with Gasteiger partial charge in [-0.2, -0.15) is 5.10 Å². The molecule has 3 N–H and O–H groups in total. The molecule has 100 valence electrons. The highest BCUT2D eigenvalue weighted by Crippen LogP contribution is 2.17. The third-order valence-electron chi connectivity index (χ3n) is 2.55. The van der Waals surface area contributed by atoms with Gasteiger partial charge in [-0.15, -0.1) is 12.3 Å². The highest BCUT2D eigenvalue weighted by atomic mass is 32.2. The number of sulfonamides is 1. The van der Waals surface area contributed by atoms with Crippen molar-refractivity contribution in [2.24, 2.45) is 0 Å². The second-order valence-electron chi connectivity index (χ2n) is 3.87. The van der Waals surface area contributed by atoms with Crippen LogP contribution in [0.2, 0.25) is 0 Å². The van der Waals surface area contributed by atoms with Crippen molar-refractivity contribution >= 4 is 15.8 Å². The summed E-state index contributed by atoms with van der Waals surface area (Å²) >= 11 is 0. The lowest BCUT2D eigenvalue weighted by atomic mass is 10.2. The van der Waals surface area contributed by atoms with Crippen LogP contribution in [0.15, 0.2) is 11.1 Å². The summed E-state index contributed by atoms with van der Waals surface area (Å²) in [4.78, 5) is -0.000165. The Bertz CT molecular complexity index is 542. The molecule has 0 aliphatic carbocycles. The number of nitrogen functional groups attached to an aromatic ring is 1. The molecule has 0 aliphatic rings. The van der Waals surface area contributed by atoms with Crippen LogP contribution in [-0.2, 0) is 16.6 Å². The molecule has 0 amide bonds. The molecule has 0 radical (unpaired) electrons. The summed E-state index contributed by atoms with van der Waals surface area (Å²) in [7, 11) is -3.67. The van der Waals surface area contributed by atoms with Crippen molar-refractivity contribution in [3.63, 3.8) is 0 Å². The number of anilines is 1. The van der Waals surface area contributed by atoms with E-state index >= 15 is 0 Å². The van der Waals surface area contributed by atoms with Gasteiger partial charge in [-0.1, -0.05) is 6.92 Å². The lowest BCUT2D eigenvalue weighted by molar-refractivity contribution is 0.544. The van der Waals surface area contributed by atoms with Crippen molar-refractivity contribution in [2.45, 2.75) is 44.2 Å². The van der Waals surface area contributed by atoms with E-state index in [0.717, 1.165) is 0 Å². The number of nitrogens with two attached hydrogens (primary N) is 1. The first kappa shape index (κ1) is 14.5. The minimum Gasteiger partial charge on any atom is -0.381 e. The largest absolute Gasteiger partial charge is 0.381 e. The summed E-state index contributed by atoms with van der Waals surface area (Å²) < 4.78 is 28.2. The molecule has 1 aromatic heterocycles. The molecule has 1 rings (SSSR count). The van der Waals surface area contributed by atoms with E-state index in [1.54, 1.807) is 0 Å². The van der Waals surface area contributed by atoms with E-state index in [1.165, 1.54) is 10.9 Å². The van der Waals surface area contributed by atoms with Gasteiger partial charge in [0, 0.05) is 25.2 Å². The first-order valence-corrected chi connectivity index (χ1v) is 7.21.